The normalized spacial score (nSPS) is 52.2. The van der Waals surface area contributed by atoms with E-state index >= 15 is 0 Å². The molecule has 0 heterocycles. The summed E-state index contributed by atoms with van der Waals surface area (Å²) < 4.78 is 0. The van der Waals surface area contributed by atoms with Gasteiger partial charge in [-0.05, 0) is 43.6 Å². The van der Waals surface area contributed by atoms with Crippen LogP contribution in [0, 0.1) is 17.8 Å². The van der Waals surface area contributed by atoms with Gasteiger partial charge < -0.3 is 11.5 Å². The van der Waals surface area contributed by atoms with Crippen molar-refractivity contribution in [2.45, 2.75) is 25.3 Å². The number of rotatable bonds is 1. The van der Waals surface area contributed by atoms with Crippen LogP contribution in [-0.4, -0.2) is 12.6 Å². The van der Waals surface area contributed by atoms with E-state index in [0.717, 1.165) is 24.3 Å². The Bertz CT molecular complexity index is 135. The molecule has 0 spiro atoms. The van der Waals surface area contributed by atoms with E-state index in [4.69, 9.17) is 11.5 Å². The largest absolute Gasteiger partial charge is 0.330 e. The molecular formula is C8H16N2. The molecule has 2 aliphatic rings. The van der Waals surface area contributed by atoms with Crippen molar-refractivity contribution in [3.05, 3.63) is 0 Å². The van der Waals surface area contributed by atoms with Crippen molar-refractivity contribution < 1.29 is 0 Å². The Labute approximate surface area is 62.0 Å². The molecule has 0 aromatic heterocycles. The molecule has 0 aromatic carbocycles. The zero-order chi connectivity index (χ0) is 7.14. The standard InChI is InChI=1S/C8H16N2/c9-4-5-1-6-3-8(10)7(6)2-5/h5-8H,1-4,9-10H2/t5?,6-,7-,8?/m0/s1. The van der Waals surface area contributed by atoms with Crippen LogP contribution in [0.4, 0.5) is 0 Å². The molecular weight excluding hydrogens is 124 g/mol. The third-order valence-corrected chi connectivity index (χ3v) is 3.31. The van der Waals surface area contributed by atoms with E-state index in [1.807, 2.05) is 0 Å². The summed E-state index contributed by atoms with van der Waals surface area (Å²) in [5.74, 6) is 2.58. The van der Waals surface area contributed by atoms with Crippen LogP contribution in [0.2, 0.25) is 0 Å². The Kier molecular flexibility index (Phi) is 1.46. The fourth-order valence-electron chi connectivity index (χ4n) is 2.59. The van der Waals surface area contributed by atoms with Gasteiger partial charge in [-0.2, -0.15) is 0 Å². The molecule has 0 radical (unpaired) electrons. The van der Waals surface area contributed by atoms with Crippen LogP contribution >= 0.6 is 0 Å². The smallest absolute Gasteiger partial charge is 0.00726 e. The SMILES string of the molecule is NCC1C[C@H]2CC(N)[C@H]2C1. The van der Waals surface area contributed by atoms with Crippen LogP contribution < -0.4 is 11.5 Å². The second-order valence-corrected chi connectivity index (χ2v) is 3.90. The zero-order valence-electron chi connectivity index (χ0n) is 6.29. The highest BCUT2D eigenvalue weighted by Gasteiger charge is 2.45. The lowest BCUT2D eigenvalue weighted by atomic mass is 9.72. The predicted octanol–water partition coefficient (Wildman–Crippen LogP) is 0.319. The van der Waals surface area contributed by atoms with Crippen molar-refractivity contribution in [2.75, 3.05) is 6.54 Å². The predicted molar refractivity (Wildman–Crippen MR) is 41.4 cm³/mol. The molecule has 0 amide bonds. The minimum Gasteiger partial charge on any atom is -0.330 e. The molecule has 10 heavy (non-hydrogen) atoms. The summed E-state index contributed by atoms with van der Waals surface area (Å²) in [7, 11) is 0. The Morgan fingerprint density at radius 2 is 2.00 bits per heavy atom. The molecule has 2 rings (SSSR count). The Hall–Kier alpha value is -0.0800. The summed E-state index contributed by atoms with van der Waals surface area (Å²) in [5.41, 5.74) is 11.4. The molecule has 0 bridgehead atoms. The summed E-state index contributed by atoms with van der Waals surface area (Å²) in [5, 5.41) is 0. The summed E-state index contributed by atoms with van der Waals surface area (Å²) in [6.07, 6.45) is 3.93. The molecule has 2 saturated carbocycles. The van der Waals surface area contributed by atoms with Gasteiger partial charge in [-0.15, -0.1) is 0 Å². The average Bonchev–Trinajstić information content (AvgIpc) is 2.26. The maximum absolute atomic E-state index is 5.84. The van der Waals surface area contributed by atoms with Gasteiger partial charge in [0.2, 0.25) is 0 Å². The molecule has 4 atom stereocenters. The van der Waals surface area contributed by atoms with E-state index in [1.54, 1.807) is 0 Å². The van der Waals surface area contributed by atoms with Gasteiger partial charge in [-0.25, -0.2) is 0 Å². The monoisotopic (exact) mass is 140 g/mol. The van der Waals surface area contributed by atoms with E-state index in [1.165, 1.54) is 19.3 Å². The quantitative estimate of drug-likeness (QED) is 0.551. The fraction of sp³-hybridized carbons (Fsp3) is 1.00. The first kappa shape index (κ1) is 6.62. The number of fused-ring (bicyclic) bond motifs is 1. The molecule has 2 aliphatic carbocycles. The maximum atomic E-state index is 5.84. The molecule has 2 fully saturated rings. The maximum Gasteiger partial charge on any atom is 0.00726 e. The van der Waals surface area contributed by atoms with Crippen LogP contribution in [0.15, 0.2) is 0 Å². The minimum absolute atomic E-state index is 0.515. The van der Waals surface area contributed by atoms with Gasteiger partial charge in [0.25, 0.3) is 0 Å². The third kappa shape index (κ3) is 0.789. The van der Waals surface area contributed by atoms with E-state index in [0.29, 0.717) is 6.04 Å². The van der Waals surface area contributed by atoms with Crippen LogP contribution in [0.25, 0.3) is 0 Å². The third-order valence-electron chi connectivity index (χ3n) is 3.31. The second-order valence-electron chi connectivity index (χ2n) is 3.90. The molecule has 4 N–H and O–H groups in total. The van der Waals surface area contributed by atoms with Crippen molar-refractivity contribution in [2.24, 2.45) is 29.2 Å². The van der Waals surface area contributed by atoms with Crippen LogP contribution in [0.5, 0.6) is 0 Å². The molecule has 2 unspecified atom stereocenters. The van der Waals surface area contributed by atoms with Gasteiger partial charge in [0, 0.05) is 6.04 Å². The second kappa shape index (κ2) is 2.21. The Morgan fingerprint density at radius 3 is 2.50 bits per heavy atom. The molecule has 0 aromatic rings. The zero-order valence-corrected chi connectivity index (χ0v) is 6.29. The summed E-state index contributed by atoms with van der Waals surface area (Å²) in [6.45, 7) is 0.875. The fourth-order valence-corrected chi connectivity index (χ4v) is 2.59. The molecule has 2 heteroatoms. The van der Waals surface area contributed by atoms with E-state index in [9.17, 15) is 0 Å². The van der Waals surface area contributed by atoms with Gasteiger partial charge in [0.15, 0.2) is 0 Å². The first-order valence-electron chi connectivity index (χ1n) is 4.27. The minimum atomic E-state index is 0.515. The molecule has 2 nitrogen and oxygen atoms in total. The van der Waals surface area contributed by atoms with Gasteiger partial charge in [-0.3, -0.25) is 0 Å². The van der Waals surface area contributed by atoms with E-state index < -0.39 is 0 Å². The van der Waals surface area contributed by atoms with Crippen molar-refractivity contribution in [3.63, 3.8) is 0 Å². The topological polar surface area (TPSA) is 52.0 Å². The van der Waals surface area contributed by atoms with Crippen LogP contribution in [-0.2, 0) is 0 Å². The molecule has 58 valence electrons. The first-order chi connectivity index (χ1) is 4.81. The van der Waals surface area contributed by atoms with Crippen molar-refractivity contribution in [3.8, 4) is 0 Å². The summed E-state index contributed by atoms with van der Waals surface area (Å²) >= 11 is 0. The number of nitrogens with two attached hydrogens (primary N) is 2. The first-order valence-corrected chi connectivity index (χ1v) is 4.27. The highest BCUT2D eigenvalue weighted by molar-refractivity contribution is 4.98. The molecule has 0 saturated heterocycles. The molecule has 0 aliphatic heterocycles. The van der Waals surface area contributed by atoms with Crippen molar-refractivity contribution in [1.82, 2.24) is 0 Å². The highest BCUT2D eigenvalue weighted by atomic mass is 14.7. The van der Waals surface area contributed by atoms with Gasteiger partial charge in [0.05, 0.1) is 0 Å². The Morgan fingerprint density at radius 1 is 1.20 bits per heavy atom. The Balaban J connectivity index is 1.93. The highest BCUT2D eigenvalue weighted by Crippen LogP contribution is 2.48. The summed E-state index contributed by atoms with van der Waals surface area (Å²) in [6, 6.07) is 0.515. The van der Waals surface area contributed by atoms with E-state index in [2.05, 4.69) is 0 Å². The number of hydrogen-bond acceptors (Lipinski definition) is 2. The lowest BCUT2D eigenvalue weighted by molar-refractivity contribution is 0.173. The average molecular weight is 140 g/mol. The van der Waals surface area contributed by atoms with Gasteiger partial charge in [-0.1, -0.05) is 0 Å². The lowest BCUT2D eigenvalue weighted by Gasteiger charge is -2.37. The van der Waals surface area contributed by atoms with Crippen LogP contribution in [0.3, 0.4) is 0 Å². The number of hydrogen-bond donors (Lipinski definition) is 2. The summed E-state index contributed by atoms with van der Waals surface area (Å²) in [4.78, 5) is 0. The van der Waals surface area contributed by atoms with Gasteiger partial charge >= 0.3 is 0 Å². The van der Waals surface area contributed by atoms with Crippen LogP contribution in [0.1, 0.15) is 19.3 Å². The van der Waals surface area contributed by atoms with Gasteiger partial charge in [0.1, 0.15) is 0 Å². The van der Waals surface area contributed by atoms with E-state index in [-0.39, 0.29) is 0 Å². The van der Waals surface area contributed by atoms with Crippen molar-refractivity contribution in [1.29, 1.82) is 0 Å². The van der Waals surface area contributed by atoms with Crippen molar-refractivity contribution >= 4 is 0 Å². The lowest BCUT2D eigenvalue weighted by Crippen LogP contribution is -2.44.